The molecule has 2 aliphatic heterocycles. The van der Waals surface area contributed by atoms with Gasteiger partial charge in [-0.15, -0.1) is 0 Å². The predicted molar refractivity (Wildman–Crippen MR) is 74.6 cm³/mol. The fourth-order valence-electron chi connectivity index (χ4n) is 3.33. The Balaban J connectivity index is 1.92. The molecular weight excluding hydrogens is 248 g/mol. The second kappa shape index (κ2) is 6.35. The highest BCUT2D eigenvalue weighted by atomic mass is 32.2. The monoisotopic (exact) mass is 274 g/mol. The molecule has 2 saturated heterocycles. The van der Waals surface area contributed by atoms with Crippen LogP contribution in [0, 0.1) is 0 Å². The Hall–Kier alpha value is -0.130. The molecule has 0 aliphatic carbocycles. The molecule has 2 aliphatic rings. The Kier molecular flexibility index (Phi) is 5.04. The molecule has 0 aromatic carbocycles. The highest BCUT2D eigenvalue weighted by Gasteiger charge is 2.32. The number of likely N-dealkylation sites (tertiary alicyclic amines) is 1. The first kappa shape index (κ1) is 14.3. The van der Waals surface area contributed by atoms with Gasteiger partial charge in [-0.2, -0.15) is 0 Å². The summed E-state index contributed by atoms with van der Waals surface area (Å²) in [5, 5.41) is 3.23. The number of nitrogens with one attached hydrogen (secondary N) is 1. The molecule has 0 radical (unpaired) electrons. The molecule has 18 heavy (non-hydrogen) atoms. The summed E-state index contributed by atoms with van der Waals surface area (Å²) in [5.41, 5.74) is 0. The fraction of sp³-hybridized carbons (Fsp3) is 1.00. The first-order chi connectivity index (χ1) is 8.62. The van der Waals surface area contributed by atoms with Gasteiger partial charge >= 0.3 is 0 Å². The number of rotatable bonds is 4. The van der Waals surface area contributed by atoms with Gasteiger partial charge in [0.25, 0.3) is 0 Å². The first-order valence-electron chi connectivity index (χ1n) is 7.23. The lowest BCUT2D eigenvalue weighted by molar-refractivity contribution is 0.0830. The van der Waals surface area contributed by atoms with Crippen molar-refractivity contribution in [3.05, 3.63) is 0 Å². The van der Waals surface area contributed by atoms with Crippen molar-refractivity contribution in [1.29, 1.82) is 0 Å². The molecule has 5 heteroatoms. The van der Waals surface area contributed by atoms with Gasteiger partial charge in [0.2, 0.25) is 0 Å². The molecule has 1 atom stereocenters. The van der Waals surface area contributed by atoms with Gasteiger partial charge in [-0.05, 0) is 52.2 Å². The zero-order valence-electron chi connectivity index (χ0n) is 11.4. The second-order valence-electron chi connectivity index (χ2n) is 5.66. The van der Waals surface area contributed by atoms with Gasteiger partial charge in [0.15, 0.2) is 0 Å². The summed E-state index contributed by atoms with van der Waals surface area (Å²) in [5.74, 6) is 0.791. The van der Waals surface area contributed by atoms with E-state index < -0.39 is 9.84 Å². The molecule has 2 rings (SSSR count). The molecule has 1 unspecified atom stereocenters. The Morgan fingerprint density at radius 2 is 1.89 bits per heavy atom. The smallest absolute Gasteiger partial charge is 0.150 e. The van der Waals surface area contributed by atoms with Crippen molar-refractivity contribution in [3.8, 4) is 0 Å². The van der Waals surface area contributed by atoms with E-state index in [2.05, 4.69) is 10.2 Å². The first-order valence-corrected chi connectivity index (χ1v) is 9.05. The maximum Gasteiger partial charge on any atom is 0.150 e. The third-order valence-corrected chi connectivity index (χ3v) is 6.11. The van der Waals surface area contributed by atoms with Crippen molar-refractivity contribution in [3.63, 3.8) is 0 Å². The molecule has 2 fully saturated rings. The van der Waals surface area contributed by atoms with Crippen LogP contribution in [0.1, 0.15) is 38.5 Å². The predicted octanol–water partition coefficient (Wildman–Crippen LogP) is 1.03. The van der Waals surface area contributed by atoms with Crippen molar-refractivity contribution in [2.45, 2.75) is 50.6 Å². The molecule has 0 aromatic heterocycles. The van der Waals surface area contributed by atoms with Crippen LogP contribution in [-0.2, 0) is 9.84 Å². The lowest BCUT2D eigenvalue weighted by Crippen LogP contribution is -2.49. The van der Waals surface area contributed by atoms with Gasteiger partial charge in [0.05, 0.1) is 11.5 Å². The summed E-state index contributed by atoms with van der Waals surface area (Å²) in [7, 11) is -0.727. The SMILES string of the molecule is CNCCC1CCCCN1C1CCS(=O)(=O)CC1. The van der Waals surface area contributed by atoms with Gasteiger partial charge < -0.3 is 5.32 Å². The molecule has 0 saturated carbocycles. The standard InChI is InChI=1S/C13H26N2O2S/c1-14-8-5-12-4-2-3-9-15(12)13-6-10-18(16,17)11-7-13/h12-14H,2-11H2,1H3. The van der Waals surface area contributed by atoms with Crippen LogP contribution >= 0.6 is 0 Å². The Morgan fingerprint density at radius 3 is 2.56 bits per heavy atom. The minimum atomic E-state index is -2.73. The topological polar surface area (TPSA) is 49.4 Å². The number of hydrogen-bond donors (Lipinski definition) is 1. The molecule has 4 nitrogen and oxygen atoms in total. The number of piperidine rings is 1. The van der Waals surface area contributed by atoms with E-state index >= 15 is 0 Å². The Labute approximate surface area is 111 Å². The number of hydrogen-bond acceptors (Lipinski definition) is 4. The summed E-state index contributed by atoms with van der Waals surface area (Å²) in [6.07, 6.45) is 6.77. The van der Waals surface area contributed by atoms with E-state index in [-0.39, 0.29) is 0 Å². The molecule has 0 bridgehead atoms. The van der Waals surface area contributed by atoms with Crippen molar-refractivity contribution in [2.24, 2.45) is 0 Å². The molecule has 0 aromatic rings. The zero-order valence-corrected chi connectivity index (χ0v) is 12.2. The van der Waals surface area contributed by atoms with E-state index in [1.54, 1.807) is 0 Å². The quantitative estimate of drug-likeness (QED) is 0.832. The average Bonchev–Trinajstić information content (AvgIpc) is 2.37. The van der Waals surface area contributed by atoms with Gasteiger partial charge in [0, 0.05) is 12.1 Å². The fourth-order valence-corrected chi connectivity index (χ4v) is 4.80. The molecular formula is C13H26N2O2S. The van der Waals surface area contributed by atoms with E-state index in [4.69, 9.17) is 0 Å². The van der Waals surface area contributed by atoms with E-state index in [0.29, 0.717) is 23.6 Å². The second-order valence-corrected chi connectivity index (χ2v) is 7.97. The number of sulfone groups is 1. The Bertz CT molecular complexity index is 342. The van der Waals surface area contributed by atoms with Crippen LogP contribution in [0.3, 0.4) is 0 Å². The van der Waals surface area contributed by atoms with Crippen LogP contribution in [0.4, 0.5) is 0 Å². The van der Waals surface area contributed by atoms with Crippen LogP contribution in [0.15, 0.2) is 0 Å². The highest BCUT2D eigenvalue weighted by molar-refractivity contribution is 7.91. The van der Waals surface area contributed by atoms with Crippen molar-refractivity contribution in [1.82, 2.24) is 10.2 Å². The number of nitrogens with zero attached hydrogens (tertiary/aromatic N) is 1. The lowest BCUT2D eigenvalue weighted by atomic mass is 9.95. The zero-order chi connectivity index (χ0) is 13.0. The van der Waals surface area contributed by atoms with E-state index in [0.717, 1.165) is 19.4 Å². The minimum Gasteiger partial charge on any atom is -0.320 e. The molecule has 2 heterocycles. The molecule has 106 valence electrons. The van der Waals surface area contributed by atoms with Gasteiger partial charge in [-0.1, -0.05) is 6.42 Å². The Morgan fingerprint density at radius 1 is 1.17 bits per heavy atom. The van der Waals surface area contributed by atoms with Crippen LogP contribution in [0.25, 0.3) is 0 Å². The summed E-state index contributed by atoms with van der Waals surface area (Å²) in [4.78, 5) is 2.61. The minimum absolute atomic E-state index is 0.396. The van der Waals surface area contributed by atoms with E-state index in [1.165, 1.54) is 32.2 Å². The third kappa shape index (κ3) is 3.68. The van der Waals surface area contributed by atoms with Crippen LogP contribution < -0.4 is 5.32 Å². The van der Waals surface area contributed by atoms with Gasteiger partial charge in [-0.25, -0.2) is 8.42 Å². The molecule has 0 spiro atoms. The van der Waals surface area contributed by atoms with Crippen LogP contribution in [0.2, 0.25) is 0 Å². The van der Waals surface area contributed by atoms with Gasteiger partial charge in [0.1, 0.15) is 9.84 Å². The molecule has 1 N–H and O–H groups in total. The maximum absolute atomic E-state index is 11.5. The third-order valence-electron chi connectivity index (χ3n) is 4.39. The van der Waals surface area contributed by atoms with Crippen molar-refractivity contribution >= 4 is 9.84 Å². The summed E-state index contributed by atoms with van der Waals surface area (Å²) in [6, 6.07) is 1.17. The average molecular weight is 274 g/mol. The summed E-state index contributed by atoms with van der Waals surface area (Å²) < 4.78 is 23.0. The maximum atomic E-state index is 11.5. The lowest BCUT2D eigenvalue weighted by Gasteiger charge is -2.42. The largest absolute Gasteiger partial charge is 0.320 e. The van der Waals surface area contributed by atoms with Crippen LogP contribution in [0.5, 0.6) is 0 Å². The van der Waals surface area contributed by atoms with Gasteiger partial charge in [-0.3, -0.25) is 4.90 Å². The van der Waals surface area contributed by atoms with Crippen LogP contribution in [-0.4, -0.2) is 57.0 Å². The summed E-state index contributed by atoms with van der Waals surface area (Å²) in [6.45, 7) is 2.23. The van der Waals surface area contributed by atoms with E-state index in [1.807, 2.05) is 7.05 Å². The van der Waals surface area contributed by atoms with Crippen molar-refractivity contribution in [2.75, 3.05) is 31.6 Å². The molecule has 0 amide bonds. The van der Waals surface area contributed by atoms with Crippen molar-refractivity contribution < 1.29 is 8.42 Å². The van der Waals surface area contributed by atoms with E-state index in [9.17, 15) is 8.42 Å². The highest BCUT2D eigenvalue weighted by Crippen LogP contribution is 2.27. The summed E-state index contributed by atoms with van der Waals surface area (Å²) >= 11 is 0. The normalized spacial score (nSPS) is 30.4.